The maximum Gasteiger partial charge on any atom is 0.338 e. The first-order chi connectivity index (χ1) is 15.3. The fraction of sp³-hybridized carbons (Fsp3) is 0.130. The summed E-state index contributed by atoms with van der Waals surface area (Å²) in [4.78, 5) is 24.4. The lowest BCUT2D eigenvalue weighted by atomic mass is 10.2. The van der Waals surface area contributed by atoms with E-state index in [4.69, 9.17) is 4.74 Å². The van der Waals surface area contributed by atoms with Crippen LogP contribution in [-0.4, -0.2) is 33.4 Å². The van der Waals surface area contributed by atoms with Crippen LogP contribution in [0.1, 0.15) is 17.3 Å². The minimum Gasteiger partial charge on any atom is -0.462 e. The van der Waals surface area contributed by atoms with Crippen molar-refractivity contribution in [2.45, 2.75) is 11.8 Å². The number of benzene rings is 3. The summed E-state index contributed by atoms with van der Waals surface area (Å²) in [7, 11) is -4.09. The van der Waals surface area contributed by atoms with Crippen LogP contribution in [0.15, 0.2) is 83.8 Å². The number of carbonyl (C=O) groups excluding carboxylic acids is 2. The van der Waals surface area contributed by atoms with Crippen LogP contribution < -0.4 is 9.62 Å². The van der Waals surface area contributed by atoms with E-state index in [0.717, 1.165) is 16.4 Å². The number of hydrogen-bond acceptors (Lipinski definition) is 5. The van der Waals surface area contributed by atoms with Gasteiger partial charge in [-0.1, -0.05) is 18.2 Å². The number of halogens is 1. The number of nitrogens with zero attached hydrogens (tertiary/aromatic N) is 1. The summed E-state index contributed by atoms with van der Waals surface area (Å²) >= 11 is 0. The van der Waals surface area contributed by atoms with E-state index in [0.29, 0.717) is 11.3 Å². The molecule has 0 aliphatic carbocycles. The summed E-state index contributed by atoms with van der Waals surface area (Å²) in [5.74, 6) is -1.63. The van der Waals surface area contributed by atoms with E-state index in [2.05, 4.69) is 5.32 Å². The minimum absolute atomic E-state index is 0.00378. The molecule has 0 fully saturated rings. The van der Waals surface area contributed by atoms with E-state index >= 15 is 0 Å². The maximum atomic E-state index is 13.4. The molecule has 3 rings (SSSR count). The SMILES string of the molecule is CCOC(=O)c1ccc(NC(=O)CN(c2ccc(F)cc2)S(=O)(=O)c2ccccc2)cc1. The first kappa shape index (κ1) is 23.0. The highest BCUT2D eigenvalue weighted by Gasteiger charge is 2.27. The quantitative estimate of drug-likeness (QED) is 0.520. The summed E-state index contributed by atoms with van der Waals surface area (Å²) in [6, 6.07) is 18.5. The lowest BCUT2D eigenvalue weighted by Crippen LogP contribution is -2.38. The van der Waals surface area contributed by atoms with Gasteiger partial charge >= 0.3 is 5.97 Å². The van der Waals surface area contributed by atoms with Gasteiger partial charge in [0.1, 0.15) is 12.4 Å². The Hall–Kier alpha value is -3.72. The summed E-state index contributed by atoms with van der Waals surface area (Å²) in [5, 5.41) is 2.60. The van der Waals surface area contributed by atoms with Gasteiger partial charge in [0, 0.05) is 5.69 Å². The summed E-state index contributed by atoms with van der Waals surface area (Å²) in [6.45, 7) is 1.40. The molecule has 0 saturated carbocycles. The topological polar surface area (TPSA) is 92.8 Å². The highest BCUT2D eigenvalue weighted by molar-refractivity contribution is 7.92. The third kappa shape index (κ3) is 5.50. The Morgan fingerprint density at radius 1 is 0.938 bits per heavy atom. The minimum atomic E-state index is -4.09. The van der Waals surface area contributed by atoms with Crippen molar-refractivity contribution in [1.82, 2.24) is 0 Å². The zero-order chi connectivity index (χ0) is 23.1. The van der Waals surface area contributed by atoms with Crippen LogP contribution in [0.4, 0.5) is 15.8 Å². The standard InChI is InChI=1S/C23H21FN2O5S/c1-2-31-23(28)17-8-12-19(13-9-17)25-22(27)16-26(20-14-10-18(24)11-15-20)32(29,30)21-6-4-3-5-7-21/h3-15H,2,16H2,1H3,(H,25,27). The Bertz CT molecular complexity index is 1180. The van der Waals surface area contributed by atoms with Crippen molar-refractivity contribution in [3.05, 3.63) is 90.2 Å². The van der Waals surface area contributed by atoms with E-state index in [1.165, 1.54) is 48.5 Å². The van der Waals surface area contributed by atoms with Crippen LogP contribution >= 0.6 is 0 Å². The highest BCUT2D eigenvalue weighted by Crippen LogP contribution is 2.24. The predicted octanol–water partition coefficient (Wildman–Crippen LogP) is 3.84. The van der Waals surface area contributed by atoms with Crippen LogP contribution in [-0.2, 0) is 19.6 Å². The van der Waals surface area contributed by atoms with E-state index in [1.54, 1.807) is 25.1 Å². The number of rotatable bonds is 8. The molecule has 0 bridgehead atoms. The van der Waals surface area contributed by atoms with Gasteiger partial charge < -0.3 is 10.1 Å². The van der Waals surface area contributed by atoms with Gasteiger partial charge in [0.25, 0.3) is 10.0 Å². The van der Waals surface area contributed by atoms with Crippen LogP contribution in [0.3, 0.4) is 0 Å². The van der Waals surface area contributed by atoms with Crippen LogP contribution in [0, 0.1) is 5.82 Å². The van der Waals surface area contributed by atoms with Crippen LogP contribution in [0.5, 0.6) is 0 Å². The van der Waals surface area contributed by atoms with Gasteiger partial charge in [0.05, 0.1) is 22.8 Å². The van der Waals surface area contributed by atoms with Gasteiger partial charge in [-0.15, -0.1) is 0 Å². The largest absolute Gasteiger partial charge is 0.462 e. The van der Waals surface area contributed by atoms with Gasteiger partial charge in [-0.2, -0.15) is 0 Å². The molecule has 0 saturated heterocycles. The van der Waals surface area contributed by atoms with Gasteiger partial charge in [-0.25, -0.2) is 17.6 Å². The molecule has 0 spiro atoms. The van der Waals surface area contributed by atoms with E-state index in [1.807, 2.05) is 0 Å². The first-order valence-corrected chi connectivity index (χ1v) is 11.2. The van der Waals surface area contributed by atoms with E-state index in [9.17, 15) is 22.4 Å². The van der Waals surface area contributed by atoms with E-state index < -0.39 is 34.3 Å². The second-order valence-electron chi connectivity index (χ2n) is 6.65. The van der Waals surface area contributed by atoms with Gasteiger partial charge in [0.15, 0.2) is 0 Å². The zero-order valence-electron chi connectivity index (χ0n) is 17.2. The number of anilines is 2. The number of amides is 1. The fourth-order valence-corrected chi connectivity index (χ4v) is 4.32. The number of nitrogens with one attached hydrogen (secondary N) is 1. The molecule has 0 aliphatic heterocycles. The van der Waals surface area contributed by atoms with Crippen molar-refractivity contribution in [2.24, 2.45) is 0 Å². The van der Waals surface area contributed by atoms with Crippen molar-refractivity contribution in [1.29, 1.82) is 0 Å². The average molecular weight is 456 g/mol. The van der Waals surface area contributed by atoms with Crippen molar-refractivity contribution >= 4 is 33.3 Å². The van der Waals surface area contributed by atoms with Gasteiger partial charge in [0.2, 0.25) is 5.91 Å². The Balaban J connectivity index is 1.83. The molecule has 0 aromatic heterocycles. The zero-order valence-corrected chi connectivity index (χ0v) is 18.0. The van der Waals surface area contributed by atoms with Gasteiger partial charge in [-0.3, -0.25) is 9.10 Å². The van der Waals surface area contributed by atoms with Crippen molar-refractivity contribution in [3.8, 4) is 0 Å². The summed E-state index contributed by atoms with van der Waals surface area (Å²) < 4.78 is 45.6. The lowest BCUT2D eigenvalue weighted by Gasteiger charge is -2.24. The average Bonchev–Trinajstić information content (AvgIpc) is 2.79. The monoisotopic (exact) mass is 456 g/mol. The second kappa shape index (κ2) is 10.1. The molecule has 1 N–H and O–H groups in total. The van der Waals surface area contributed by atoms with Gasteiger partial charge in [-0.05, 0) is 67.6 Å². The molecule has 0 atom stereocenters. The number of carbonyl (C=O) groups is 2. The number of hydrogen-bond donors (Lipinski definition) is 1. The molecular weight excluding hydrogens is 435 g/mol. The molecule has 0 unspecified atom stereocenters. The molecule has 3 aromatic rings. The molecule has 166 valence electrons. The van der Waals surface area contributed by atoms with E-state index in [-0.39, 0.29) is 17.2 Å². The first-order valence-electron chi connectivity index (χ1n) is 9.71. The molecule has 7 nitrogen and oxygen atoms in total. The highest BCUT2D eigenvalue weighted by atomic mass is 32.2. The molecular formula is C23H21FN2O5S. The predicted molar refractivity (Wildman–Crippen MR) is 118 cm³/mol. The number of sulfonamides is 1. The van der Waals surface area contributed by atoms with Crippen molar-refractivity contribution in [3.63, 3.8) is 0 Å². The number of ether oxygens (including phenoxy) is 1. The molecule has 3 aromatic carbocycles. The summed E-state index contributed by atoms with van der Waals surface area (Å²) in [5.41, 5.74) is 0.840. The normalized spacial score (nSPS) is 10.9. The lowest BCUT2D eigenvalue weighted by molar-refractivity contribution is -0.114. The molecule has 0 aliphatic rings. The molecule has 0 radical (unpaired) electrons. The van der Waals surface area contributed by atoms with Crippen molar-refractivity contribution in [2.75, 3.05) is 22.8 Å². The fourth-order valence-electron chi connectivity index (χ4n) is 2.88. The Labute approximate surface area is 185 Å². The summed E-state index contributed by atoms with van der Waals surface area (Å²) in [6.07, 6.45) is 0. The molecule has 32 heavy (non-hydrogen) atoms. The smallest absolute Gasteiger partial charge is 0.338 e. The molecule has 0 heterocycles. The maximum absolute atomic E-state index is 13.4. The second-order valence-corrected chi connectivity index (χ2v) is 8.51. The van der Waals surface area contributed by atoms with Crippen LogP contribution in [0.25, 0.3) is 0 Å². The molecule has 9 heteroatoms. The number of esters is 1. The van der Waals surface area contributed by atoms with Crippen LogP contribution in [0.2, 0.25) is 0 Å². The molecule has 1 amide bonds. The Morgan fingerprint density at radius 3 is 2.16 bits per heavy atom. The third-order valence-electron chi connectivity index (χ3n) is 4.41. The third-order valence-corrected chi connectivity index (χ3v) is 6.20. The van der Waals surface area contributed by atoms with Crippen molar-refractivity contribution < 1.29 is 27.1 Å². The Morgan fingerprint density at radius 2 is 1.56 bits per heavy atom. The Kier molecular flexibility index (Phi) is 7.21.